The molecular formula is C17H19NO2S. The lowest BCUT2D eigenvalue weighted by atomic mass is 9.95. The molecule has 2 heterocycles. The number of fused-ring (bicyclic) bond motifs is 1. The fourth-order valence-corrected chi connectivity index (χ4v) is 4.69. The van der Waals surface area contributed by atoms with Gasteiger partial charge in [0.05, 0.1) is 14.2 Å². The highest BCUT2D eigenvalue weighted by Crippen LogP contribution is 2.41. The molecule has 0 bridgehead atoms. The zero-order valence-electron chi connectivity index (χ0n) is 12.4. The maximum Gasteiger partial charge on any atom is 0.161 e. The van der Waals surface area contributed by atoms with Crippen molar-refractivity contribution in [1.82, 2.24) is 5.32 Å². The number of nitrogens with one attached hydrogen (secondary N) is 1. The first-order chi connectivity index (χ1) is 10.3. The summed E-state index contributed by atoms with van der Waals surface area (Å²) in [6, 6.07) is 4.75. The van der Waals surface area contributed by atoms with Crippen LogP contribution in [0.4, 0.5) is 0 Å². The molecule has 1 aromatic heterocycles. The Labute approximate surface area is 128 Å². The molecule has 1 aromatic carbocycles. The van der Waals surface area contributed by atoms with Crippen molar-refractivity contribution >= 4 is 11.3 Å². The van der Waals surface area contributed by atoms with Crippen LogP contribution in [0.15, 0.2) is 17.5 Å². The summed E-state index contributed by atoms with van der Waals surface area (Å²) in [5.74, 6) is 1.66. The van der Waals surface area contributed by atoms with Crippen molar-refractivity contribution in [3.8, 4) is 11.5 Å². The third-order valence-corrected chi connectivity index (χ3v) is 5.70. The molecule has 1 aliphatic carbocycles. The van der Waals surface area contributed by atoms with Gasteiger partial charge in [-0.25, -0.2) is 0 Å². The van der Waals surface area contributed by atoms with Crippen LogP contribution in [0.5, 0.6) is 11.5 Å². The Kier molecular flexibility index (Phi) is 3.16. The zero-order valence-corrected chi connectivity index (χ0v) is 13.2. The summed E-state index contributed by atoms with van der Waals surface area (Å²) >= 11 is 1.93. The molecule has 0 saturated heterocycles. The van der Waals surface area contributed by atoms with Crippen LogP contribution in [0.2, 0.25) is 0 Å². The summed E-state index contributed by atoms with van der Waals surface area (Å²) in [4.78, 5) is 1.57. The maximum absolute atomic E-state index is 5.46. The quantitative estimate of drug-likeness (QED) is 0.924. The van der Waals surface area contributed by atoms with Gasteiger partial charge in [-0.1, -0.05) is 0 Å². The highest BCUT2D eigenvalue weighted by molar-refractivity contribution is 7.10. The molecule has 0 amide bonds. The Morgan fingerprint density at radius 2 is 1.86 bits per heavy atom. The lowest BCUT2D eigenvalue weighted by Crippen LogP contribution is -2.30. The largest absolute Gasteiger partial charge is 0.493 e. The predicted octanol–water partition coefficient (Wildman–Crippen LogP) is 3.10. The van der Waals surface area contributed by atoms with Gasteiger partial charge in [0.15, 0.2) is 11.5 Å². The first kappa shape index (κ1) is 13.2. The molecule has 0 fully saturated rings. The fraction of sp³-hybridized carbons (Fsp3) is 0.412. The van der Waals surface area contributed by atoms with E-state index >= 15 is 0 Å². The second-order valence-corrected chi connectivity index (χ2v) is 6.68. The number of methoxy groups -OCH3 is 2. The van der Waals surface area contributed by atoms with Crippen molar-refractivity contribution in [1.29, 1.82) is 0 Å². The molecular weight excluding hydrogens is 282 g/mol. The van der Waals surface area contributed by atoms with E-state index in [-0.39, 0.29) is 0 Å². The van der Waals surface area contributed by atoms with E-state index < -0.39 is 0 Å². The topological polar surface area (TPSA) is 30.5 Å². The molecule has 21 heavy (non-hydrogen) atoms. The van der Waals surface area contributed by atoms with E-state index in [4.69, 9.17) is 9.47 Å². The normalized spacial score (nSPS) is 19.4. The van der Waals surface area contributed by atoms with Crippen LogP contribution in [0, 0.1) is 0 Å². The molecule has 1 aliphatic heterocycles. The molecule has 0 radical (unpaired) electrons. The smallest absolute Gasteiger partial charge is 0.161 e. The van der Waals surface area contributed by atoms with E-state index in [1.165, 1.54) is 23.1 Å². The number of ether oxygens (including phenoxy) is 2. The van der Waals surface area contributed by atoms with Crippen LogP contribution < -0.4 is 14.8 Å². The van der Waals surface area contributed by atoms with E-state index in [0.717, 1.165) is 30.9 Å². The van der Waals surface area contributed by atoms with Gasteiger partial charge in [-0.05, 0) is 59.0 Å². The number of benzene rings is 1. The van der Waals surface area contributed by atoms with Crippen LogP contribution in [0.3, 0.4) is 0 Å². The molecule has 4 rings (SSSR count). The lowest BCUT2D eigenvalue weighted by molar-refractivity contribution is 0.354. The minimum atomic E-state index is 0.453. The predicted molar refractivity (Wildman–Crippen MR) is 84.8 cm³/mol. The van der Waals surface area contributed by atoms with E-state index in [1.54, 1.807) is 24.7 Å². The number of rotatable bonds is 2. The highest BCUT2D eigenvalue weighted by Gasteiger charge is 2.29. The highest BCUT2D eigenvalue weighted by atomic mass is 32.1. The number of thiophene rings is 1. The maximum atomic E-state index is 5.46. The summed E-state index contributed by atoms with van der Waals surface area (Å²) in [5.41, 5.74) is 5.78. The Hall–Kier alpha value is -1.52. The van der Waals surface area contributed by atoms with Gasteiger partial charge < -0.3 is 14.8 Å². The average Bonchev–Trinajstić information content (AvgIpc) is 2.84. The number of hydrogen-bond donors (Lipinski definition) is 1. The fourth-order valence-electron chi connectivity index (χ4n) is 3.58. The number of hydrogen-bond acceptors (Lipinski definition) is 4. The van der Waals surface area contributed by atoms with Crippen LogP contribution in [0.25, 0.3) is 0 Å². The van der Waals surface area contributed by atoms with Gasteiger partial charge in [0, 0.05) is 17.5 Å². The second kappa shape index (κ2) is 5.04. The Morgan fingerprint density at radius 1 is 1.10 bits per heavy atom. The van der Waals surface area contributed by atoms with E-state index in [2.05, 4.69) is 22.8 Å². The van der Waals surface area contributed by atoms with E-state index in [1.807, 2.05) is 11.3 Å². The zero-order chi connectivity index (χ0) is 14.4. The van der Waals surface area contributed by atoms with Crippen LogP contribution >= 0.6 is 11.3 Å². The SMILES string of the molecule is COc1cc2c(cc1OC)CC1NCCc3scc(c31)C2. The van der Waals surface area contributed by atoms with Crippen molar-refractivity contribution in [2.24, 2.45) is 0 Å². The van der Waals surface area contributed by atoms with Gasteiger partial charge in [-0.3, -0.25) is 0 Å². The van der Waals surface area contributed by atoms with E-state index in [9.17, 15) is 0 Å². The monoisotopic (exact) mass is 301 g/mol. The van der Waals surface area contributed by atoms with Crippen molar-refractivity contribution in [3.05, 3.63) is 44.6 Å². The third-order valence-electron chi connectivity index (χ3n) is 4.59. The first-order valence-electron chi connectivity index (χ1n) is 7.36. The Morgan fingerprint density at radius 3 is 2.62 bits per heavy atom. The lowest BCUT2D eigenvalue weighted by Gasteiger charge is -2.24. The molecule has 1 N–H and O–H groups in total. The Bertz CT molecular complexity index is 692. The van der Waals surface area contributed by atoms with Gasteiger partial charge in [0.2, 0.25) is 0 Å². The average molecular weight is 301 g/mol. The molecule has 1 atom stereocenters. The summed E-state index contributed by atoms with van der Waals surface area (Å²) in [7, 11) is 3.40. The molecule has 4 heteroatoms. The van der Waals surface area contributed by atoms with Crippen LogP contribution in [-0.2, 0) is 19.3 Å². The standard InChI is InChI=1S/C17H19NO2S/c1-19-14-7-10-5-12-9-21-16-3-4-18-13(17(12)16)6-11(10)8-15(14)20-2/h7-9,13,18H,3-6H2,1-2H3. The minimum Gasteiger partial charge on any atom is -0.493 e. The van der Waals surface area contributed by atoms with Gasteiger partial charge in [0.25, 0.3) is 0 Å². The van der Waals surface area contributed by atoms with Crippen LogP contribution in [0.1, 0.15) is 33.2 Å². The molecule has 2 aliphatic rings. The molecule has 2 aromatic rings. The van der Waals surface area contributed by atoms with Crippen molar-refractivity contribution in [3.63, 3.8) is 0 Å². The summed E-state index contributed by atoms with van der Waals surface area (Å²) in [6.45, 7) is 1.08. The molecule has 110 valence electrons. The minimum absolute atomic E-state index is 0.453. The molecule has 0 saturated carbocycles. The van der Waals surface area contributed by atoms with E-state index in [0.29, 0.717) is 6.04 Å². The molecule has 3 nitrogen and oxygen atoms in total. The van der Waals surface area contributed by atoms with Crippen molar-refractivity contribution in [2.75, 3.05) is 20.8 Å². The third kappa shape index (κ3) is 2.05. The summed E-state index contributed by atoms with van der Waals surface area (Å²) in [5, 5.41) is 6.03. The summed E-state index contributed by atoms with van der Waals surface area (Å²) < 4.78 is 10.9. The van der Waals surface area contributed by atoms with Gasteiger partial charge in [0.1, 0.15) is 0 Å². The van der Waals surface area contributed by atoms with Gasteiger partial charge in [-0.2, -0.15) is 0 Å². The van der Waals surface area contributed by atoms with Crippen molar-refractivity contribution < 1.29 is 9.47 Å². The van der Waals surface area contributed by atoms with Gasteiger partial charge in [-0.15, -0.1) is 11.3 Å². The van der Waals surface area contributed by atoms with Crippen LogP contribution in [-0.4, -0.2) is 20.8 Å². The summed E-state index contributed by atoms with van der Waals surface area (Å²) in [6.07, 6.45) is 3.20. The molecule has 1 unspecified atom stereocenters. The molecule has 0 spiro atoms. The Balaban J connectivity index is 1.84. The van der Waals surface area contributed by atoms with Gasteiger partial charge >= 0.3 is 0 Å². The second-order valence-electron chi connectivity index (χ2n) is 5.71. The first-order valence-corrected chi connectivity index (χ1v) is 8.24. The van der Waals surface area contributed by atoms with Crippen molar-refractivity contribution in [2.45, 2.75) is 25.3 Å².